The van der Waals surface area contributed by atoms with Crippen LogP contribution in [-0.4, -0.2) is 14.5 Å². The topological polar surface area (TPSA) is 30.7 Å². The zero-order chi connectivity index (χ0) is 38.8. The molecule has 0 radical (unpaired) electrons. The van der Waals surface area contributed by atoms with Gasteiger partial charge in [-0.15, -0.1) is 0 Å². The van der Waals surface area contributed by atoms with E-state index in [4.69, 9.17) is 9.97 Å². The van der Waals surface area contributed by atoms with E-state index in [9.17, 15) is 0 Å². The van der Waals surface area contributed by atoms with E-state index in [1.54, 1.807) is 0 Å². The fourth-order valence-corrected chi connectivity index (χ4v) is 9.13. The molecule has 0 saturated carbocycles. The summed E-state index contributed by atoms with van der Waals surface area (Å²) in [6.07, 6.45) is 0. The molecule has 0 bridgehead atoms. The lowest BCUT2D eigenvalue weighted by Crippen LogP contribution is -2.14. The zero-order valence-corrected chi connectivity index (χ0v) is 32.4. The fraction of sp³-hybridized carbons (Fsp3) is 0.0545. The van der Waals surface area contributed by atoms with Gasteiger partial charge in [0, 0.05) is 38.6 Å². The Hall–Kier alpha value is -7.36. The van der Waals surface area contributed by atoms with Gasteiger partial charge in [-0.3, -0.25) is 0 Å². The van der Waals surface area contributed by atoms with Crippen LogP contribution in [0.1, 0.15) is 25.0 Å². The van der Waals surface area contributed by atoms with Gasteiger partial charge in [0.2, 0.25) is 0 Å². The van der Waals surface area contributed by atoms with E-state index >= 15 is 0 Å². The van der Waals surface area contributed by atoms with Crippen molar-refractivity contribution in [1.29, 1.82) is 0 Å². The van der Waals surface area contributed by atoms with Crippen LogP contribution in [0.25, 0.3) is 94.8 Å². The number of hydrogen-bond acceptors (Lipinski definition) is 2. The van der Waals surface area contributed by atoms with Gasteiger partial charge in [-0.05, 0) is 87.0 Å². The molecule has 3 nitrogen and oxygen atoms in total. The Bertz CT molecular complexity index is 3120. The van der Waals surface area contributed by atoms with Crippen LogP contribution in [0.4, 0.5) is 0 Å². The highest BCUT2D eigenvalue weighted by molar-refractivity contribution is 6.11. The molecule has 0 amide bonds. The molecule has 0 unspecified atom stereocenters. The molecule has 11 rings (SSSR count). The molecular weight excluding hydrogens is 703 g/mol. The lowest BCUT2D eigenvalue weighted by molar-refractivity contribution is 0.660. The molecule has 1 aliphatic rings. The Labute approximate surface area is 338 Å². The molecule has 0 fully saturated rings. The minimum Gasteiger partial charge on any atom is -0.309 e. The maximum atomic E-state index is 5.07. The first-order valence-corrected chi connectivity index (χ1v) is 20.0. The summed E-state index contributed by atoms with van der Waals surface area (Å²) >= 11 is 0. The largest absolute Gasteiger partial charge is 0.309 e. The highest BCUT2D eigenvalue weighted by Crippen LogP contribution is 2.50. The summed E-state index contributed by atoms with van der Waals surface area (Å²) in [6.45, 7) is 4.70. The fourth-order valence-electron chi connectivity index (χ4n) is 9.13. The van der Waals surface area contributed by atoms with E-state index < -0.39 is 0 Å². The van der Waals surface area contributed by atoms with E-state index in [-0.39, 0.29) is 5.41 Å². The van der Waals surface area contributed by atoms with Gasteiger partial charge in [-0.25, -0.2) is 9.97 Å². The third kappa shape index (κ3) is 5.50. The molecular formula is C55H39N3. The Morgan fingerprint density at radius 3 is 1.60 bits per heavy atom. The molecule has 0 N–H and O–H groups in total. The minimum atomic E-state index is -0.0547. The van der Waals surface area contributed by atoms with E-state index in [0.29, 0.717) is 5.82 Å². The second kappa shape index (κ2) is 13.4. The van der Waals surface area contributed by atoms with E-state index in [1.807, 2.05) is 24.3 Å². The molecule has 3 heteroatoms. The summed E-state index contributed by atoms with van der Waals surface area (Å²) < 4.78 is 2.38. The molecule has 8 aromatic carbocycles. The van der Waals surface area contributed by atoms with Crippen LogP contribution in [0.5, 0.6) is 0 Å². The van der Waals surface area contributed by atoms with Gasteiger partial charge in [0.15, 0.2) is 5.82 Å². The van der Waals surface area contributed by atoms with Crippen LogP contribution in [-0.2, 0) is 5.41 Å². The normalized spacial score (nSPS) is 12.8. The monoisotopic (exact) mass is 741 g/mol. The lowest BCUT2D eigenvalue weighted by Gasteiger charge is -2.22. The maximum absolute atomic E-state index is 5.07. The number of fused-ring (bicyclic) bond motifs is 6. The summed E-state index contributed by atoms with van der Waals surface area (Å²) in [5, 5.41) is 2.46. The van der Waals surface area contributed by atoms with Crippen molar-refractivity contribution in [2.24, 2.45) is 0 Å². The summed E-state index contributed by atoms with van der Waals surface area (Å²) in [7, 11) is 0. The maximum Gasteiger partial charge on any atom is 0.160 e. The molecule has 10 aromatic rings. The van der Waals surface area contributed by atoms with Crippen molar-refractivity contribution in [2.45, 2.75) is 19.3 Å². The van der Waals surface area contributed by atoms with Crippen LogP contribution in [0, 0.1) is 0 Å². The van der Waals surface area contributed by atoms with Crippen LogP contribution < -0.4 is 0 Å². The third-order valence-corrected chi connectivity index (χ3v) is 12.1. The highest BCUT2D eigenvalue weighted by atomic mass is 15.0. The van der Waals surface area contributed by atoms with Crippen molar-refractivity contribution in [1.82, 2.24) is 14.5 Å². The van der Waals surface area contributed by atoms with Crippen molar-refractivity contribution in [3.8, 4) is 73.0 Å². The van der Waals surface area contributed by atoms with Crippen molar-refractivity contribution in [2.75, 3.05) is 0 Å². The van der Waals surface area contributed by atoms with Crippen molar-refractivity contribution in [3.63, 3.8) is 0 Å². The number of para-hydroxylation sites is 1. The number of nitrogens with zero attached hydrogens (tertiary/aromatic N) is 3. The summed E-state index contributed by atoms with van der Waals surface area (Å²) in [6, 6.07) is 71.9. The molecule has 0 aliphatic heterocycles. The average molecular weight is 742 g/mol. The van der Waals surface area contributed by atoms with E-state index in [1.165, 1.54) is 66.3 Å². The summed E-state index contributed by atoms with van der Waals surface area (Å²) in [5.74, 6) is 0.714. The molecule has 274 valence electrons. The predicted octanol–water partition coefficient (Wildman–Crippen LogP) is 14.2. The van der Waals surface area contributed by atoms with Crippen LogP contribution in [0.3, 0.4) is 0 Å². The number of hydrogen-bond donors (Lipinski definition) is 0. The number of aromatic nitrogens is 3. The first-order chi connectivity index (χ1) is 28.5. The van der Waals surface area contributed by atoms with E-state index in [0.717, 1.165) is 33.8 Å². The van der Waals surface area contributed by atoms with Crippen LogP contribution >= 0.6 is 0 Å². The minimum absolute atomic E-state index is 0.0547. The molecule has 1 aliphatic carbocycles. The third-order valence-electron chi connectivity index (χ3n) is 12.1. The lowest BCUT2D eigenvalue weighted by atomic mass is 9.81. The van der Waals surface area contributed by atoms with Gasteiger partial charge in [0.25, 0.3) is 0 Å². The Morgan fingerprint density at radius 2 is 0.879 bits per heavy atom. The Morgan fingerprint density at radius 1 is 0.362 bits per heavy atom. The number of rotatable bonds is 6. The van der Waals surface area contributed by atoms with Gasteiger partial charge >= 0.3 is 0 Å². The molecule has 0 spiro atoms. The summed E-state index contributed by atoms with van der Waals surface area (Å²) in [4.78, 5) is 10.1. The molecule has 2 aromatic heterocycles. The van der Waals surface area contributed by atoms with Crippen LogP contribution in [0.2, 0.25) is 0 Å². The quantitative estimate of drug-likeness (QED) is 0.170. The van der Waals surface area contributed by atoms with Gasteiger partial charge in [0.1, 0.15) is 0 Å². The van der Waals surface area contributed by atoms with Gasteiger partial charge < -0.3 is 4.57 Å². The van der Waals surface area contributed by atoms with Crippen LogP contribution in [0.15, 0.2) is 200 Å². The smallest absolute Gasteiger partial charge is 0.160 e. The van der Waals surface area contributed by atoms with Crippen molar-refractivity contribution >= 4 is 21.8 Å². The Balaban J connectivity index is 0.992. The molecule has 58 heavy (non-hydrogen) atoms. The average Bonchev–Trinajstić information content (AvgIpc) is 3.74. The summed E-state index contributed by atoms with van der Waals surface area (Å²) in [5.41, 5.74) is 18.7. The van der Waals surface area contributed by atoms with E-state index in [2.05, 4.69) is 194 Å². The Kier molecular flexibility index (Phi) is 7.84. The molecule has 2 heterocycles. The second-order valence-electron chi connectivity index (χ2n) is 15.8. The molecule has 0 saturated heterocycles. The van der Waals surface area contributed by atoms with Gasteiger partial charge in [0.05, 0.1) is 22.4 Å². The number of benzene rings is 8. The first kappa shape index (κ1) is 33.9. The van der Waals surface area contributed by atoms with Gasteiger partial charge in [-0.2, -0.15) is 0 Å². The second-order valence-corrected chi connectivity index (χ2v) is 15.8. The van der Waals surface area contributed by atoms with Crippen molar-refractivity contribution < 1.29 is 0 Å². The molecule has 0 atom stereocenters. The predicted molar refractivity (Wildman–Crippen MR) is 241 cm³/mol. The SMILES string of the molecule is CC1(C)c2ccccc2-c2ccc(-c3ccccc3-c3ccc4c(c3)c3ccccc3n4-c3ccc(-c4cc(-c5ccccc5)nc(-c5ccccc5)n4)cc3)cc21. The zero-order valence-electron chi connectivity index (χ0n) is 32.4. The first-order valence-electron chi connectivity index (χ1n) is 20.0. The standard InChI is InChI=1S/C55H39N3/c1-55(2)48-23-13-11-21-44(48)45-31-27-40(34-49(45)55)43-20-10-9-19-42(43)39-28-32-53-47(33-39)46-22-12-14-24-52(46)58(53)41-29-25-37(26-30-41)51-35-50(36-15-5-3-6-16-36)56-54(57-51)38-17-7-4-8-18-38/h3-35H,1-2H3. The van der Waals surface area contributed by atoms with Crippen molar-refractivity contribution in [3.05, 3.63) is 211 Å². The highest BCUT2D eigenvalue weighted by Gasteiger charge is 2.35. The van der Waals surface area contributed by atoms with Gasteiger partial charge in [-0.1, -0.05) is 172 Å².